The Morgan fingerprint density at radius 2 is 1.78 bits per heavy atom. The van der Waals surface area contributed by atoms with E-state index < -0.39 is 0 Å². The summed E-state index contributed by atoms with van der Waals surface area (Å²) in [5, 5.41) is 0. The Morgan fingerprint density at radius 3 is 2.33 bits per heavy atom. The van der Waals surface area contributed by atoms with Crippen LogP contribution < -0.4 is 0 Å². The van der Waals surface area contributed by atoms with Crippen LogP contribution in [0.2, 0.25) is 0 Å². The molecule has 3 heteroatoms. The average Bonchev–Trinajstić information content (AvgIpc) is 1.91. The van der Waals surface area contributed by atoms with Gasteiger partial charge in [0.05, 0.1) is 0 Å². The molecule has 0 spiro atoms. The molecular formula is C6H7AsS2. The van der Waals surface area contributed by atoms with E-state index in [2.05, 4.69) is 24.3 Å². The van der Waals surface area contributed by atoms with Gasteiger partial charge in [0.25, 0.3) is 0 Å². The Balaban J connectivity index is 2.61. The van der Waals surface area contributed by atoms with Crippen molar-refractivity contribution in [1.82, 2.24) is 0 Å². The van der Waals surface area contributed by atoms with Gasteiger partial charge in [0, 0.05) is 0 Å². The van der Waals surface area contributed by atoms with E-state index in [9.17, 15) is 0 Å². The molecule has 0 bridgehead atoms. The predicted octanol–water partition coefficient (Wildman–Crippen LogP) is 1.97. The SMILES string of the molecule is [AsH2]SSc1ccccc1. The van der Waals surface area contributed by atoms with Crippen molar-refractivity contribution in [3.05, 3.63) is 30.3 Å². The van der Waals surface area contributed by atoms with Crippen LogP contribution in [-0.4, -0.2) is 15.7 Å². The molecule has 1 unspecified atom stereocenters. The van der Waals surface area contributed by atoms with Crippen molar-refractivity contribution in [2.75, 3.05) is 0 Å². The Morgan fingerprint density at radius 1 is 1.11 bits per heavy atom. The quantitative estimate of drug-likeness (QED) is 0.550. The molecule has 0 aliphatic carbocycles. The molecule has 0 radical (unpaired) electrons. The number of hydrogen-bond donors (Lipinski definition) is 0. The fourth-order valence-corrected chi connectivity index (χ4v) is 3.68. The molecule has 48 valence electrons. The van der Waals surface area contributed by atoms with E-state index in [1.165, 1.54) is 4.90 Å². The van der Waals surface area contributed by atoms with Crippen molar-refractivity contribution in [3.63, 3.8) is 0 Å². The zero-order valence-corrected chi connectivity index (χ0v) is 8.84. The van der Waals surface area contributed by atoms with Crippen molar-refractivity contribution in [2.45, 2.75) is 4.90 Å². The molecule has 0 aliphatic rings. The van der Waals surface area contributed by atoms with E-state index in [0.29, 0.717) is 0 Å². The molecule has 0 aromatic heterocycles. The van der Waals surface area contributed by atoms with Gasteiger partial charge in [-0.2, -0.15) is 0 Å². The molecule has 0 N–H and O–H groups in total. The van der Waals surface area contributed by atoms with Gasteiger partial charge in [0.15, 0.2) is 0 Å². The van der Waals surface area contributed by atoms with Gasteiger partial charge in [0.1, 0.15) is 0 Å². The van der Waals surface area contributed by atoms with Gasteiger partial charge < -0.3 is 0 Å². The van der Waals surface area contributed by atoms with E-state index in [4.69, 9.17) is 0 Å². The summed E-state index contributed by atoms with van der Waals surface area (Å²) >= 11 is 1.69. The summed E-state index contributed by atoms with van der Waals surface area (Å²) in [6.45, 7) is 0. The first kappa shape index (κ1) is 7.58. The van der Waals surface area contributed by atoms with Gasteiger partial charge in [-0.1, -0.05) is 0 Å². The molecule has 9 heavy (non-hydrogen) atoms. The van der Waals surface area contributed by atoms with Crippen LogP contribution in [0.4, 0.5) is 0 Å². The van der Waals surface area contributed by atoms with E-state index >= 15 is 0 Å². The first-order valence-electron chi connectivity index (χ1n) is 2.52. The predicted molar refractivity (Wildman–Crippen MR) is 48.4 cm³/mol. The third-order valence-corrected chi connectivity index (χ3v) is 4.13. The molecule has 0 fully saturated rings. The van der Waals surface area contributed by atoms with Crippen LogP contribution in [0.3, 0.4) is 0 Å². The zero-order valence-electron chi connectivity index (χ0n) is 4.78. The summed E-state index contributed by atoms with van der Waals surface area (Å²) in [6.07, 6.45) is 0. The summed E-state index contributed by atoms with van der Waals surface area (Å²) in [4.78, 5) is 1.34. The third-order valence-electron chi connectivity index (χ3n) is 0.888. The molecule has 1 aromatic carbocycles. The van der Waals surface area contributed by atoms with E-state index in [0.717, 1.165) is 0 Å². The summed E-state index contributed by atoms with van der Waals surface area (Å²) in [5.74, 6) is 0. The first-order valence-corrected chi connectivity index (χ1v) is 7.70. The maximum absolute atomic E-state index is 2.12. The Hall–Kier alpha value is 0.478. The number of benzene rings is 1. The second-order valence-electron chi connectivity index (χ2n) is 1.49. The minimum atomic E-state index is 1.34. The monoisotopic (exact) mass is 218 g/mol. The van der Waals surface area contributed by atoms with Crippen molar-refractivity contribution in [3.8, 4) is 0 Å². The van der Waals surface area contributed by atoms with Crippen molar-refractivity contribution >= 4 is 35.5 Å². The van der Waals surface area contributed by atoms with Gasteiger partial charge in [-0.25, -0.2) is 0 Å². The van der Waals surface area contributed by atoms with Gasteiger partial charge in [-0.05, 0) is 0 Å². The van der Waals surface area contributed by atoms with Gasteiger partial charge in [0.2, 0.25) is 0 Å². The van der Waals surface area contributed by atoms with Crippen LogP contribution >= 0.6 is 19.9 Å². The van der Waals surface area contributed by atoms with Gasteiger partial charge >= 0.3 is 70.8 Å². The standard InChI is InChI=1S/C6H7AsS2/c7-9-8-6-4-2-1-3-5-6/h1-5H,7H2. The number of hydrogen-bond acceptors (Lipinski definition) is 2. The van der Waals surface area contributed by atoms with Crippen molar-refractivity contribution in [1.29, 1.82) is 0 Å². The molecule has 1 rings (SSSR count). The van der Waals surface area contributed by atoms with Crippen LogP contribution in [0.5, 0.6) is 0 Å². The first-order chi connectivity index (χ1) is 4.43. The molecular weight excluding hydrogens is 211 g/mol. The van der Waals surface area contributed by atoms with E-state index in [1.807, 2.05) is 25.9 Å². The van der Waals surface area contributed by atoms with Gasteiger partial charge in [-0.15, -0.1) is 0 Å². The van der Waals surface area contributed by atoms with Crippen LogP contribution in [0.1, 0.15) is 0 Å². The topological polar surface area (TPSA) is 0 Å². The summed E-state index contributed by atoms with van der Waals surface area (Å²) in [7, 11) is 3.65. The molecule has 0 nitrogen and oxygen atoms in total. The minimum absolute atomic E-state index is 1.34. The molecule has 1 atom stereocenters. The second-order valence-corrected chi connectivity index (χ2v) is 7.03. The van der Waals surface area contributed by atoms with E-state index in [1.54, 1.807) is 15.7 Å². The van der Waals surface area contributed by atoms with Crippen molar-refractivity contribution in [2.24, 2.45) is 0 Å². The van der Waals surface area contributed by atoms with Crippen LogP contribution in [0.25, 0.3) is 0 Å². The zero-order chi connectivity index (χ0) is 6.53. The van der Waals surface area contributed by atoms with E-state index in [-0.39, 0.29) is 0 Å². The normalized spacial score (nSPS) is 9.44. The second kappa shape index (κ2) is 4.32. The van der Waals surface area contributed by atoms with Gasteiger partial charge in [-0.3, -0.25) is 0 Å². The fourth-order valence-electron chi connectivity index (χ4n) is 0.532. The Bertz CT molecular complexity index is 164. The summed E-state index contributed by atoms with van der Waals surface area (Å²) in [5.41, 5.74) is 0. The van der Waals surface area contributed by atoms with Crippen LogP contribution in [-0.2, 0) is 0 Å². The molecule has 0 amide bonds. The van der Waals surface area contributed by atoms with Crippen molar-refractivity contribution < 1.29 is 0 Å². The Labute approximate surface area is 70.7 Å². The average molecular weight is 218 g/mol. The maximum atomic E-state index is 2.12. The molecule has 0 saturated heterocycles. The Kier molecular flexibility index (Phi) is 3.64. The summed E-state index contributed by atoms with van der Waals surface area (Å²) in [6, 6.07) is 10.4. The third kappa shape index (κ3) is 2.70. The number of rotatable bonds is 2. The van der Waals surface area contributed by atoms with Crippen LogP contribution in [0, 0.1) is 0 Å². The summed E-state index contributed by atoms with van der Waals surface area (Å²) < 4.78 is 0. The fraction of sp³-hybridized carbons (Fsp3) is 0. The van der Waals surface area contributed by atoms with Crippen LogP contribution in [0.15, 0.2) is 35.2 Å². The molecule has 0 saturated carbocycles. The molecule has 1 aromatic rings. The molecule has 0 heterocycles. The molecule has 0 aliphatic heterocycles.